The minimum atomic E-state index is -0.452. The molecule has 27 heavy (non-hydrogen) atoms. The standard InChI is InChI=1S/C21H18FNO4/c1-25-19-11-5-15(14-18(19)22)6-12-21(24)27-17-9-7-16(8-10-17)26-20-4-2-3-13-23-20/h2-5,7-11,13-14H,6,12H2,1H3. The summed E-state index contributed by atoms with van der Waals surface area (Å²) >= 11 is 0. The molecule has 0 radical (unpaired) electrons. The molecule has 3 aromatic rings. The Morgan fingerprint density at radius 2 is 1.81 bits per heavy atom. The Kier molecular flexibility index (Phi) is 5.99. The van der Waals surface area contributed by atoms with Crippen molar-refractivity contribution in [3.63, 3.8) is 0 Å². The molecule has 1 heterocycles. The van der Waals surface area contributed by atoms with Crippen LogP contribution in [0.4, 0.5) is 4.39 Å². The Morgan fingerprint density at radius 1 is 1.04 bits per heavy atom. The van der Waals surface area contributed by atoms with Crippen LogP contribution in [0.5, 0.6) is 23.1 Å². The largest absolute Gasteiger partial charge is 0.494 e. The van der Waals surface area contributed by atoms with Gasteiger partial charge >= 0.3 is 5.97 Å². The second-order valence-electron chi connectivity index (χ2n) is 5.68. The third-order valence-electron chi connectivity index (χ3n) is 3.75. The Hall–Kier alpha value is -3.41. The van der Waals surface area contributed by atoms with E-state index in [-0.39, 0.29) is 12.2 Å². The summed E-state index contributed by atoms with van der Waals surface area (Å²) in [4.78, 5) is 16.1. The normalized spacial score (nSPS) is 10.3. The van der Waals surface area contributed by atoms with Gasteiger partial charge in [-0.1, -0.05) is 12.1 Å². The molecule has 0 saturated carbocycles. The van der Waals surface area contributed by atoms with E-state index in [4.69, 9.17) is 14.2 Å². The lowest BCUT2D eigenvalue weighted by molar-refractivity contribution is -0.134. The van der Waals surface area contributed by atoms with Gasteiger partial charge in [0.1, 0.15) is 11.5 Å². The SMILES string of the molecule is COc1ccc(CCC(=O)Oc2ccc(Oc3ccccn3)cc2)cc1F. The van der Waals surface area contributed by atoms with Gasteiger partial charge in [0.05, 0.1) is 7.11 Å². The van der Waals surface area contributed by atoms with Gasteiger partial charge in [0.15, 0.2) is 11.6 Å². The zero-order valence-electron chi connectivity index (χ0n) is 14.7. The number of aromatic nitrogens is 1. The molecule has 0 aliphatic carbocycles. The predicted molar refractivity (Wildman–Crippen MR) is 97.7 cm³/mol. The zero-order valence-corrected chi connectivity index (χ0v) is 14.7. The summed E-state index contributed by atoms with van der Waals surface area (Å²) in [6, 6.07) is 16.7. The van der Waals surface area contributed by atoms with E-state index < -0.39 is 11.8 Å². The number of methoxy groups -OCH3 is 1. The van der Waals surface area contributed by atoms with E-state index in [0.29, 0.717) is 29.4 Å². The lowest BCUT2D eigenvalue weighted by Gasteiger charge is -2.07. The Balaban J connectivity index is 1.51. The van der Waals surface area contributed by atoms with Crippen molar-refractivity contribution in [1.29, 1.82) is 0 Å². The van der Waals surface area contributed by atoms with Crippen LogP contribution in [0.25, 0.3) is 0 Å². The van der Waals surface area contributed by atoms with Crippen LogP contribution >= 0.6 is 0 Å². The second kappa shape index (κ2) is 8.80. The molecule has 2 aromatic carbocycles. The molecule has 6 heteroatoms. The smallest absolute Gasteiger partial charge is 0.311 e. The van der Waals surface area contributed by atoms with Crippen molar-refractivity contribution in [2.24, 2.45) is 0 Å². The molecule has 0 unspecified atom stereocenters. The van der Waals surface area contributed by atoms with Crippen LogP contribution in [0.3, 0.4) is 0 Å². The molecule has 0 fully saturated rings. The fourth-order valence-electron chi connectivity index (χ4n) is 2.40. The first-order valence-electron chi connectivity index (χ1n) is 8.36. The van der Waals surface area contributed by atoms with E-state index in [9.17, 15) is 9.18 Å². The highest BCUT2D eigenvalue weighted by Gasteiger charge is 2.09. The average Bonchev–Trinajstić information content (AvgIpc) is 2.69. The number of halogens is 1. The van der Waals surface area contributed by atoms with Gasteiger partial charge in [-0.3, -0.25) is 4.79 Å². The highest BCUT2D eigenvalue weighted by molar-refractivity contribution is 5.72. The first kappa shape index (κ1) is 18.4. The van der Waals surface area contributed by atoms with Crippen molar-refractivity contribution in [1.82, 2.24) is 4.98 Å². The third kappa shape index (κ3) is 5.28. The zero-order chi connectivity index (χ0) is 19.1. The molecule has 5 nitrogen and oxygen atoms in total. The van der Waals surface area contributed by atoms with Gasteiger partial charge in [0.2, 0.25) is 5.88 Å². The van der Waals surface area contributed by atoms with Crippen LogP contribution in [0, 0.1) is 5.82 Å². The Morgan fingerprint density at radius 3 is 2.48 bits per heavy atom. The average molecular weight is 367 g/mol. The summed E-state index contributed by atoms with van der Waals surface area (Å²) in [6.07, 6.45) is 2.15. The monoisotopic (exact) mass is 367 g/mol. The number of esters is 1. The molecule has 138 valence electrons. The van der Waals surface area contributed by atoms with E-state index in [0.717, 1.165) is 0 Å². The summed E-state index contributed by atoms with van der Waals surface area (Å²) in [5, 5.41) is 0. The van der Waals surface area contributed by atoms with Crippen molar-refractivity contribution in [3.8, 4) is 23.1 Å². The maximum Gasteiger partial charge on any atom is 0.311 e. The minimum absolute atomic E-state index is 0.137. The maximum atomic E-state index is 13.7. The predicted octanol–water partition coefficient (Wildman–Crippen LogP) is 4.56. The van der Waals surface area contributed by atoms with Crippen LogP contribution in [0.2, 0.25) is 0 Å². The Labute approximate surface area is 156 Å². The van der Waals surface area contributed by atoms with Crippen molar-refractivity contribution in [3.05, 3.63) is 78.2 Å². The van der Waals surface area contributed by atoms with Gasteiger partial charge in [0, 0.05) is 18.7 Å². The highest BCUT2D eigenvalue weighted by Crippen LogP contribution is 2.23. The molecular formula is C21H18FNO4. The lowest BCUT2D eigenvalue weighted by atomic mass is 10.1. The molecule has 1 aromatic heterocycles. The lowest BCUT2D eigenvalue weighted by Crippen LogP contribution is -2.09. The topological polar surface area (TPSA) is 57.7 Å². The van der Waals surface area contributed by atoms with Crippen molar-refractivity contribution < 1.29 is 23.4 Å². The first-order valence-corrected chi connectivity index (χ1v) is 8.36. The number of nitrogens with zero attached hydrogens (tertiary/aromatic N) is 1. The van der Waals surface area contributed by atoms with Crippen molar-refractivity contribution in [2.75, 3.05) is 7.11 Å². The summed E-state index contributed by atoms with van der Waals surface area (Å²) in [7, 11) is 1.40. The first-order chi connectivity index (χ1) is 13.1. The molecule has 0 atom stereocenters. The maximum absolute atomic E-state index is 13.7. The van der Waals surface area contributed by atoms with Crippen LogP contribution in [0.1, 0.15) is 12.0 Å². The van der Waals surface area contributed by atoms with Crippen LogP contribution < -0.4 is 14.2 Å². The fourth-order valence-corrected chi connectivity index (χ4v) is 2.40. The summed E-state index contributed by atoms with van der Waals surface area (Å²) in [6.45, 7) is 0. The van der Waals surface area contributed by atoms with Gasteiger partial charge in [-0.15, -0.1) is 0 Å². The molecule has 3 rings (SSSR count). The van der Waals surface area contributed by atoms with Gasteiger partial charge in [-0.05, 0) is 54.4 Å². The molecule has 0 spiro atoms. The van der Waals surface area contributed by atoms with Crippen LogP contribution in [-0.4, -0.2) is 18.1 Å². The number of pyridine rings is 1. The van der Waals surface area contributed by atoms with Crippen LogP contribution in [-0.2, 0) is 11.2 Å². The summed E-state index contributed by atoms with van der Waals surface area (Å²) in [5.74, 6) is 0.802. The number of carbonyl (C=O) groups excluding carboxylic acids is 1. The van der Waals surface area contributed by atoms with E-state index in [1.165, 1.54) is 19.2 Å². The van der Waals surface area contributed by atoms with E-state index in [2.05, 4.69) is 4.98 Å². The number of benzene rings is 2. The number of ether oxygens (including phenoxy) is 3. The van der Waals surface area contributed by atoms with Gasteiger partial charge in [0.25, 0.3) is 0 Å². The van der Waals surface area contributed by atoms with Crippen molar-refractivity contribution >= 4 is 5.97 Å². The van der Waals surface area contributed by atoms with Gasteiger partial charge < -0.3 is 14.2 Å². The summed E-state index contributed by atoms with van der Waals surface area (Å²) < 4.78 is 29.4. The molecule has 0 aliphatic heterocycles. The van der Waals surface area contributed by atoms with Gasteiger partial charge in [-0.25, -0.2) is 9.37 Å². The Bertz CT molecular complexity index is 898. The van der Waals surface area contributed by atoms with Gasteiger partial charge in [-0.2, -0.15) is 0 Å². The quantitative estimate of drug-likeness (QED) is 0.453. The molecule has 0 saturated heterocycles. The van der Waals surface area contributed by atoms with E-state index >= 15 is 0 Å². The number of rotatable bonds is 7. The number of hydrogen-bond donors (Lipinski definition) is 0. The molecule has 0 bridgehead atoms. The highest BCUT2D eigenvalue weighted by atomic mass is 19.1. The number of carbonyl (C=O) groups is 1. The van der Waals surface area contributed by atoms with Crippen molar-refractivity contribution in [2.45, 2.75) is 12.8 Å². The van der Waals surface area contributed by atoms with E-state index in [1.54, 1.807) is 48.7 Å². The second-order valence-corrected chi connectivity index (χ2v) is 5.68. The molecule has 0 aliphatic rings. The number of hydrogen-bond acceptors (Lipinski definition) is 5. The molecule has 0 N–H and O–H groups in total. The molecular weight excluding hydrogens is 349 g/mol. The summed E-state index contributed by atoms with van der Waals surface area (Å²) in [5.41, 5.74) is 0.698. The van der Waals surface area contributed by atoms with E-state index in [1.807, 2.05) is 6.07 Å². The van der Waals surface area contributed by atoms with Crippen LogP contribution in [0.15, 0.2) is 66.9 Å². The number of aryl methyl sites for hydroxylation is 1. The third-order valence-corrected chi connectivity index (χ3v) is 3.75. The minimum Gasteiger partial charge on any atom is -0.494 e. The fraction of sp³-hybridized carbons (Fsp3) is 0.143. The molecule has 0 amide bonds.